The molecule has 7 heteroatoms. The zero-order chi connectivity index (χ0) is 18.6. The minimum Gasteiger partial charge on any atom is -0.482 e. The molecule has 1 heterocycles. The van der Waals surface area contributed by atoms with Crippen molar-refractivity contribution in [3.8, 4) is 5.75 Å². The summed E-state index contributed by atoms with van der Waals surface area (Å²) < 4.78 is 33.8. The van der Waals surface area contributed by atoms with Crippen LogP contribution in [-0.2, 0) is 27.7 Å². The van der Waals surface area contributed by atoms with Crippen molar-refractivity contribution in [1.29, 1.82) is 0 Å². The Morgan fingerprint density at radius 2 is 1.81 bits per heavy atom. The lowest BCUT2D eigenvalue weighted by Crippen LogP contribution is -2.25. The molecule has 0 bridgehead atoms. The molecule has 5 rings (SSSR count). The number of benzene rings is 3. The molecule has 0 spiro atoms. The van der Waals surface area contributed by atoms with Crippen molar-refractivity contribution in [2.45, 2.75) is 17.7 Å². The fourth-order valence-electron chi connectivity index (χ4n) is 3.77. The van der Waals surface area contributed by atoms with E-state index in [0.717, 1.165) is 23.6 Å². The van der Waals surface area contributed by atoms with E-state index in [4.69, 9.17) is 4.74 Å². The first-order chi connectivity index (χ1) is 13.0. The number of ether oxygens (including phenoxy) is 1. The first kappa shape index (κ1) is 16.1. The SMILES string of the molecule is O=C1COc2ccc(S(=O)(=O)Nc3ccc4c5c(cccc35)CC4)cc2N1. The number of nitrogens with one attached hydrogen (secondary N) is 2. The Kier molecular flexibility index (Phi) is 3.42. The van der Waals surface area contributed by atoms with E-state index in [0.29, 0.717) is 17.1 Å². The lowest BCUT2D eigenvalue weighted by atomic mass is 10.0. The van der Waals surface area contributed by atoms with E-state index in [9.17, 15) is 13.2 Å². The lowest BCUT2D eigenvalue weighted by molar-refractivity contribution is -0.118. The van der Waals surface area contributed by atoms with Gasteiger partial charge in [0.1, 0.15) is 5.75 Å². The van der Waals surface area contributed by atoms with E-state index in [2.05, 4.69) is 16.1 Å². The predicted molar refractivity (Wildman–Crippen MR) is 103 cm³/mol. The summed E-state index contributed by atoms with van der Waals surface area (Å²) in [6.07, 6.45) is 1.96. The van der Waals surface area contributed by atoms with Gasteiger partial charge in [-0.2, -0.15) is 0 Å². The first-order valence-electron chi connectivity index (χ1n) is 8.64. The van der Waals surface area contributed by atoms with Crippen LogP contribution in [0.1, 0.15) is 11.1 Å². The van der Waals surface area contributed by atoms with Gasteiger partial charge in [-0.05, 0) is 53.6 Å². The third-order valence-electron chi connectivity index (χ3n) is 5.02. The van der Waals surface area contributed by atoms with Crippen LogP contribution in [0.4, 0.5) is 11.4 Å². The van der Waals surface area contributed by atoms with Crippen LogP contribution in [0.25, 0.3) is 10.8 Å². The van der Waals surface area contributed by atoms with Gasteiger partial charge in [-0.15, -0.1) is 0 Å². The van der Waals surface area contributed by atoms with Crippen molar-refractivity contribution < 1.29 is 17.9 Å². The highest BCUT2D eigenvalue weighted by molar-refractivity contribution is 7.92. The van der Waals surface area contributed by atoms with E-state index >= 15 is 0 Å². The minimum absolute atomic E-state index is 0.0651. The van der Waals surface area contributed by atoms with Gasteiger partial charge in [-0.25, -0.2) is 8.42 Å². The van der Waals surface area contributed by atoms with Crippen LogP contribution in [0.3, 0.4) is 0 Å². The van der Waals surface area contributed by atoms with Gasteiger partial charge in [-0.3, -0.25) is 9.52 Å². The Bertz CT molecular complexity index is 1210. The third kappa shape index (κ3) is 2.62. The van der Waals surface area contributed by atoms with Crippen LogP contribution in [0.2, 0.25) is 0 Å². The Balaban J connectivity index is 1.56. The quantitative estimate of drug-likeness (QED) is 0.731. The summed E-state index contributed by atoms with van der Waals surface area (Å²) in [5.41, 5.74) is 3.40. The number of rotatable bonds is 3. The van der Waals surface area contributed by atoms with E-state index < -0.39 is 10.0 Å². The number of carbonyl (C=O) groups is 1. The first-order valence-corrected chi connectivity index (χ1v) is 10.1. The van der Waals surface area contributed by atoms with Crippen LogP contribution in [0.5, 0.6) is 5.75 Å². The monoisotopic (exact) mass is 380 g/mol. The molecule has 1 aliphatic heterocycles. The number of sulfonamides is 1. The number of fused-ring (bicyclic) bond motifs is 1. The smallest absolute Gasteiger partial charge is 0.262 e. The Hall–Kier alpha value is -3.06. The number of aryl methyl sites for hydroxylation is 2. The molecular weight excluding hydrogens is 364 g/mol. The maximum atomic E-state index is 12.9. The second kappa shape index (κ2) is 5.72. The summed E-state index contributed by atoms with van der Waals surface area (Å²) in [6.45, 7) is -0.0714. The molecule has 2 aliphatic rings. The normalized spacial score (nSPS) is 15.2. The molecule has 3 aromatic rings. The van der Waals surface area contributed by atoms with E-state index in [1.54, 1.807) is 6.07 Å². The molecule has 0 unspecified atom stereocenters. The molecule has 0 aromatic heterocycles. The maximum absolute atomic E-state index is 12.9. The fraction of sp³-hybridized carbons (Fsp3) is 0.150. The zero-order valence-corrected chi connectivity index (χ0v) is 15.1. The summed E-state index contributed by atoms with van der Waals surface area (Å²) in [4.78, 5) is 11.6. The highest BCUT2D eigenvalue weighted by Gasteiger charge is 2.23. The highest BCUT2D eigenvalue weighted by Crippen LogP contribution is 2.36. The zero-order valence-electron chi connectivity index (χ0n) is 14.3. The third-order valence-corrected chi connectivity index (χ3v) is 6.38. The number of amides is 1. The molecule has 1 aliphatic carbocycles. The van der Waals surface area contributed by atoms with Gasteiger partial charge in [-0.1, -0.05) is 24.3 Å². The highest BCUT2D eigenvalue weighted by atomic mass is 32.2. The van der Waals surface area contributed by atoms with Crippen LogP contribution in [0, 0.1) is 0 Å². The van der Waals surface area contributed by atoms with Gasteiger partial charge < -0.3 is 10.1 Å². The average Bonchev–Trinajstić information content (AvgIpc) is 3.08. The molecule has 0 atom stereocenters. The largest absolute Gasteiger partial charge is 0.482 e. The molecule has 6 nitrogen and oxygen atoms in total. The number of hydrogen-bond acceptors (Lipinski definition) is 4. The standard InChI is InChI=1S/C20H16N2O4S/c23-19-11-26-18-9-7-14(10-17(18)21-19)27(24,25)22-16-8-6-13-5-4-12-2-1-3-15(16)20(12)13/h1-3,6-10,22H,4-5,11H2,(H,21,23). The summed E-state index contributed by atoms with van der Waals surface area (Å²) in [7, 11) is -3.82. The van der Waals surface area contributed by atoms with Gasteiger partial charge in [0.25, 0.3) is 15.9 Å². The van der Waals surface area contributed by atoms with Crippen molar-refractivity contribution in [1.82, 2.24) is 0 Å². The van der Waals surface area contributed by atoms with Crippen molar-refractivity contribution in [3.63, 3.8) is 0 Å². The van der Waals surface area contributed by atoms with Crippen LogP contribution in [-0.4, -0.2) is 20.9 Å². The number of anilines is 2. The maximum Gasteiger partial charge on any atom is 0.262 e. The van der Waals surface area contributed by atoms with Crippen molar-refractivity contribution in [2.24, 2.45) is 0 Å². The molecule has 136 valence electrons. The molecule has 1 amide bonds. The van der Waals surface area contributed by atoms with E-state index in [1.807, 2.05) is 24.3 Å². The lowest BCUT2D eigenvalue weighted by Gasteiger charge is -2.19. The van der Waals surface area contributed by atoms with Gasteiger partial charge in [0.05, 0.1) is 16.3 Å². The summed E-state index contributed by atoms with van der Waals surface area (Å²) in [6, 6.07) is 14.2. The Labute approximate surface area is 156 Å². The average molecular weight is 380 g/mol. The van der Waals surface area contributed by atoms with Gasteiger partial charge >= 0.3 is 0 Å². The van der Waals surface area contributed by atoms with Crippen molar-refractivity contribution in [2.75, 3.05) is 16.6 Å². The van der Waals surface area contributed by atoms with Crippen LogP contribution < -0.4 is 14.8 Å². The Morgan fingerprint density at radius 1 is 1.00 bits per heavy atom. The second-order valence-corrected chi connectivity index (χ2v) is 8.39. The van der Waals surface area contributed by atoms with Gasteiger partial charge in [0.15, 0.2) is 6.61 Å². The van der Waals surface area contributed by atoms with Gasteiger partial charge in [0, 0.05) is 5.39 Å². The Morgan fingerprint density at radius 3 is 2.67 bits per heavy atom. The molecule has 3 aromatic carbocycles. The molecular formula is C20H16N2O4S. The van der Waals surface area contributed by atoms with Crippen LogP contribution >= 0.6 is 0 Å². The number of carbonyl (C=O) groups excluding carboxylic acids is 1. The predicted octanol–water partition coefficient (Wildman–Crippen LogP) is 3.07. The van der Waals surface area contributed by atoms with E-state index in [-0.39, 0.29) is 17.4 Å². The van der Waals surface area contributed by atoms with E-state index in [1.165, 1.54) is 23.3 Å². The van der Waals surface area contributed by atoms with Crippen molar-refractivity contribution >= 4 is 38.1 Å². The summed E-state index contributed by atoms with van der Waals surface area (Å²) in [5, 5.41) is 4.68. The molecule has 27 heavy (non-hydrogen) atoms. The molecule has 0 fully saturated rings. The molecule has 0 saturated carbocycles. The molecule has 2 N–H and O–H groups in total. The van der Waals surface area contributed by atoms with Crippen LogP contribution in [0.15, 0.2) is 53.4 Å². The topological polar surface area (TPSA) is 84.5 Å². The van der Waals surface area contributed by atoms with Gasteiger partial charge in [0.2, 0.25) is 0 Å². The number of hydrogen-bond donors (Lipinski definition) is 2. The summed E-state index contributed by atoms with van der Waals surface area (Å²) >= 11 is 0. The fourth-order valence-corrected chi connectivity index (χ4v) is 4.87. The second-order valence-electron chi connectivity index (χ2n) is 6.71. The molecule has 0 saturated heterocycles. The van der Waals surface area contributed by atoms with Crippen molar-refractivity contribution in [3.05, 3.63) is 59.7 Å². The molecule has 0 radical (unpaired) electrons. The summed E-state index contributed by atoms with van der Waals surface area (Å²) in [5.74, 6) is 0.149. The minimum atomic E-state index is -3.82.